The Balaban J connectivity index is 1.88. The van der Waals surface area contributed by atoms with Gasteiger partial charge in [-0.2, -0.15) is 0 Å². The molecule has 0 aliphatic heterocycles. The number of benzene rings is 2. The Bertz CT molecular complexity index is 1000. The summed E-state index contributed by atoms with van der Waals surface area (Å²) in [7, 11) is -3.35. The fourth-order valence-electron chi connectivity index (χ4n) is 2.53. The summed E-state index contributed by atoms with van der Waals surface area (Å²) in [6.45, 7) is 2.27. The fraction of sp³-hybridized carbons (Fsp3) is 0.238. The summed E-state index contributed by atoms with van der Waals surface area (Å²) in [6.07, 6.45) is 4.01. The summed E-state index contributed by atoms with van der Waals surface area (Å²) >= 11 is 0. The molecule has 0 atom stereocenters. The van der Waals surface area contributed by atoms with Gasteiger partial charge in [-0.05, 0) is 48.4 Å². The quantitative estimate of drug-likeness (QED) is 0.594. The van der Waals surface area contributed by atoms with Gasteiger partial charge in [0.1, 0.15) is 5.82 Å². The standard InChI is InChI=1S/C21H24FN3O4S/c1-3-25(15-20(26)23-14-17-4-9-18(22)10-5-17)21(27)13-8-16-6-11-19(12-7-16)24-30(2,28)29/h4-13,24H,3,14-15H2,1-2H3,(H,23,26). The van der Waals surface area contributed by atoms with Crippen LogP contribution in [0.5, 0.6) is 0 Å². The third-order valence-corrected chi connectivity index (χ3v) is 4.67. The van der Waals surface area contributed by atoms with Gasteiger partial charge in [-0.1, -0.05) is 24.3 Å². The summed E-state index contributed by atoms with van der Waals surface area (Å²) in [5.41, 5.74) is 1.89. The average Bonchev–Trinajstić information content (AvgIpc) is 2.69. The highest BCUT2D eigenvalue weighted by Crippen LogP contribution is 2.12. The van der Waals surface area contributed by atoms with Crippen LogP contribution in [0.25, 0.3) is 6.08 Å². The second kappa shape index (κ2) is 10.5. The van der Waals surface area contributed by atoms with Crippen LogP contribution in [0.4, 0.5) is 10.1 Å². The number of carbonyl (C=O) groups excluding carboxylic acids is 2. The van der Waals surface area contributed by atoms with E-state index in [0.717, 1.165) is 11.8 Å². The van der Waals surface area contributed by atoms with E-state index >= 15 is 0 Å². The summed E-state index contributed by atoms with van der Waals surface area (Å²) < 4.78 is 37.7. The number of anilines is 1. The van der Waals surface area contributed by atoms with Crippen LogP contribution < -0.4 is 10.0 Å². The smallest absolute Gasteiger partial charge is 0.247 e. The van der Waals surface area contributed by atoms with Crippen LogP contribution in [0.3, 0.4) is 0 Å². The average molecular weight is 434 g/mol. The minimum Gasteiger partial charge on any atom is -0.350 e. The highest BCUT2D eigenvalue weighted by atomic mass is 32.2. The maximum Gasteiger partial charge on any atom is 0.247 e. The number of halogens is 1. The molecule has 0 aromatic heterocycles. The molecule has 7 nitrogen and oxygen atoms in total. The van der Waals surface area contributed by atoms with Crippen LogP contribution in [0.2, 0.25) is 0 Å². The van der Waals surface area contributed by atoms with Crippen LogP contribution in [0, 0.1) is 5.82 Å². The molecule has 0 bridgehead atoms. The predicted molar refractivity (Wildman–Crippen MR) is 114 cm³/mol. The number of nitrogens with zero attached hydrogens (tertiary/aromatic N) is 1. The molecular weight excluding hydrogens is 409 g/mol. The van der Waals surface area contributed by atoms with E-state index in [1.54, 1.807) is 49.4 Å². The number of sulfonamides is 1. The molecule has 0 unspecified atom stereocenters. The highest BCUT2D eigenvalue weighted by molar-refractivity contribution is 7.92. The van der Waals surface area contributed by atoms with E-state index in [2.05, 4.69) is 10.0 Å². The lowest BCUT2D eigenvalue weighted by molar-refractivity contribution is -0.132. The van der Waals surface area contributed by atoms with Crippen LogP contribution in [0.1, 0.15) is 18.1 Å². The number of hydrogen-bond acceptors (Lipinski definition) is 4. The summed E-state index contributed by atoms with van der Waals surface area (Å²) in [6, 6.07) is 12.3. The van der Waals surface area contributed by atoms with Crippen molar-refractivity contribution in [3.8, 4) is 0 Å². The molecular formula is C21H24FN3O4S. The molecule has 2 aromatic carbocycles. The van der Waals surface area contributed by atoms with Gasteiger partial charge >= 0.3 is 0 Å². The van der Waals surface area contributed by atoms with Crippen molar-refractivity contribution in [2.45, 2.75) is 13.5 Å². The lowest BCUT2D eigenvalue weighted by Gasteiger charge is -2.18. The number of carbonyl (C=O) groups is 2. The molecule has 0 saturated carbocycles. The van der Waals surface area contributed by atoms with Gasteiger partial charge in [0, 0.05) is 24.9 Å². The number of likely N-dealkylation sites (N-methyl/N-ethyl adjacent to an activating group) is 1. The van der Waals surface area contributed by atoms with Gasteiger partial charge in [-0.3, -0.25) is 14.3 Å². The van der Waals surface area contributed by atoms with Gasteiger partial charge in [-0.15, -0.1) is 0 Å². The summed E-state index contributed by atoms with van der Waals surface area (Å²) in [5.74, 6) is -0.993. The van der Waals surface area contributed by atoms with Crippen molar-refractivity contribution in [1.29, 1.82) is 0 Å². The van der Waals surface area contributed by atoms with Crippen LogP contribution in [-0.4, -0.2) is 44.5 Å². The Hall–Kier alpha value is -3.20. The maximum absolute atomic E-state index is 12.9. The van der Waals surface area contributed by atoms with Gasteiger partial charge in [0.15, 0.2) is 0 Å². The molecule has 160 valence electrons. The summed E-state index contributed by atoms with van der Waals surface area (Å²) in [5, 5.41) is 2.70. The zero-order valence-electron chi connectivity index (χ0n) is 16.8. The third kappa shape index (κ3) is 8.04. The Morgan fingerprint density at radius 1 is 1.07 bits per heavy atom. The molecule has 30 heavy (non-hydrogen) atoms. The first-order chi connectivity index (χ1) is 14.2. The van der Waals surface area contributed by atoms with Crippen molar-refractivity contribution < 1.29 is 22.4 Å². The molecule has 2 rings (SSSR count). The Morgan fingerprint density at radius 2 is 1.70 bits per heavy atom. The van der Waals surface area contributed by atoms with Crippen LogP contribution in [-0.2, 0) is 26.2 Å². The number of rotatable bonds is 9. The minimum absolute atomic E-state index is 0.0991. The van der Waals surface area contributed by atoms with Gasteiger partial charge in [-0.25, -0.2) is 12.8 Å². The Morgan fingerprint density at radius 3 is 2.27 bits per heavy atom. The molecule has 2 aromatic rings. The van der Waals surface area contributed by atoms with E-state index in [9.17, 15) is 22.4 Å². The fourth-order valence-corrected chi connectivity index (χ4v) is 3.09. The molecule has 2 N–H and O–H groups in total. The maximum atomic E-state index is 12.9. The number of amides is 2. The normalized spacial score (nSPS) is 11.3. The van der Waals surface area contributed by atoms with E-state index < -0.39 is 10.0 Å². The second-order valence-corrected chi connectivity index (χ2v) is 8.33. The first-order valence-electron chi connectivity index (χ1n) is 9.22. The first kappa shape index (κ1) is 23.1. The molecule has 0 saturated heterocycles. The summed E-state index contributed by atoms with van der Waals surface area (Å²) in [4.78, 5) is 25.9. The molecule has 9 heteroatoms. The van der Waals surface area contributed by atoms with Crippen molar-refractivity contribution in [3.63, 3.8) is 0 Å². The van der Waals surface area contributed by atoms with Gasteiger partial charge in [0.2, 0.25) is 21.8 Å². The zero-order valence-corrected chi connectivity index (χ0v) is 17.6. The molecule has 2 amide bonds. The molecule has 0 spiro atoms. The van der Waals surface area contributed by atoms with Gasteiger partial charge < -0.3 is 10.2 Å². The highest BCUT2D eigenvalue weighted by Gasteiger charge is 2.13. The van der Waals surface area contributed by atoms with Crippen molar-refractivity contribution in [2.75, 3.05) is 24.1 Å². The van der Waals surface area contributed by atoms with Crippen molar-refractivity contribution in [3.05, 3.63) is 71.6 Å². The first-order valence-corrected chi connectivity index (χ1v) is 11.1. The van der Waals surface area contributed by atoms with Crippen LogP contribution >= 0.6 is 0 Å². The molecule has 0 heterocycles. The lowest BCUT2D eigenvalue weighted by atomic mass is 10.2. The second-order valence-electron chi connectivity index (χ2n) is 6.59. The van der Waals surface area contributed by atoms with Gasteiger partial charge in [0.05, 0.1) is 12.8 Å². The molecule has 0 aliphatic rings. The van der Waals surface area contributed by atoms with Crippen LogP contribution in [0.15, 0.2) is 54.6 Å². The third-order valence-electron chi connectivity index (χ3n) is 4.06. The van der Waals surface area contributed by atoms with E-state index in [1.165, 1.54) is 23.1 Å². The topological polar surface area (TPSA) is 95.6 Å². The molecule has 0 fully saturated rings. The largest absolute Gasteiger partial charge is 0.350 e. The SMILES string of the molecule is CCN(CC(=O)NCc1ccc(F)cc1)C(=O)C=Cc1ccc(NS(C)(=O)=O)cc1. The van der Waals surface area contributed by atoms with Crippen molar-refractivity contribution >= 4 is 33.6 Å². The minimum atomic E-state index is -3.35. The van der Waals surface area contributed by atoms with Gasteiger partial charge in [0.25, 0.3) is 0 Å². The van der Waals surface area contributed by atoms with E-state index in [4.69, 9.17) is 0 Å². The van der Waals surface area contributed by atoms with E-state index in [0.29, 0.717) is 17.8 Å². The monoisotopic (exact) mass is 433 g/mol. The number of hydrogen-bond donors (Lipinski definition) is 2. The van der Waals surface area contributed by atoms with Crippen molar-refractivity contribution in [1.82, 2.24) is 10.2 Å². The van der Waals surface area contributed by atoms with E-state index in [-0.39, 0.29) is 30.7 Å². The Kier molecular flexibility index (Phi) is 8.11. The van der Waals surface area contributed by atoms with Crippen molar-refractivity contribution in [2.24, 2.45) is 0 Å². The lowest BCUT2D eigenvalue weighted by Crippen LogP contribution is -2.39. The number of nitrogens with one attached hydrogen (secondary N) is 2. The molecule has 0 radical (unpaired) electrons. The predicted octanol–water partition coefficient (Wildman–Crippen LogP) is 2.38. The Labute approximate surface area is 175 Å². The molecule has 0 aliphatic carbocycles. The zero-order chi connectivity index (χ0) is 22.1. The van der Waals surface area contributed by atoms with E-state index in [1.807, 2.05) is 0 Å².